The van der Waals surface area contributed by atoms with Gasteiger partial charge in [0.25, 0.3) is 0 Å². The van der Waals surface area contributed by atoms with Crippen LogP contribution in [-0.4, -0.2) is 99.3 Å². The topological polar surface area (TPSA) is 319 Å². The Morgan fingerprint density at radius 1 is 0.537 bits per heavy atom. The third kappa shape index (κ3) is 9.70. The van der Waals surface area contributed by atoms with Crippen molar-refractivity contribution in [1.82, 2.24) is 0 Å². The molecule has 8 atom stereocenters. The fourth-order valence-electron chi connectivity index (χ4n) is 5.10. The molecule has 0 heterocycles. The van der Waals surface area contributed by atoms with Crippen LogP contribution in [0.1, 0.15) is 52.4 Å². The Balaban J connectivity index is 7.40. The van der Waals surface area contributed by atoms with Crippen LogP contribution in [0.5, 0.6) is 0 Å². The summed E-state index contributed by atoms with van der Waals surface area (Å²) in [4.78, 5) is 96.6. The van der Waals surface area contributed by atoms with Gasteiger partial charge in [0.1, 0.15) is 0 Å². The Labute approximate surface area is 232 Å². The number of carboxylic acids is 8. The van der Waals surface area contributed by atoms with Crippen LogP contribution in [0.4, 0.5) is 0 Å². The van der Waals surface area contributed by atoms with Crippen molar-refractivity contribution in [2.45, 2.75) is 58.0 Å². The van der Waals surface area contributed by atoms with Crippen LogP contribution in [0.2, 0.25) is 0 Å². The Morgan fingerprint density at radius 2 is 0.927 bits per heavy atom. The summed E-state index contributed by atoms with van der Waals surface area (Å²) in [7, 11) is 0. The van der Waals surface area contributed by atoms with E-state index in [1.807, 2.05) is 6.92 Å². The second kappa shape index (κ2) is 15.5. The fraction of sp³-hybridized carbons (Fsp3) is 0.667. The third-order valence-corrected chi connectivity index (χ3v) is 6.95. The summed E-state index contributed by atoms with van der Waals surface area (Å²) in [6, 6.07) is 0. The van der Waals surface area contributed by atoms with Gasteiger partial charge in [0, 0.05) is 0 Å². The van der Waals surface area contributed by atoms with Gasteiger partial charge in [0.2, 0.25) is 0 Å². The average molecular weight is 595 g/mol. The number of hydrogen-bond donors (Lipinski definition) is 9. The minimum atomic E-state index is -3.12. The Morgan fingerprint density at radius 3 is 1.24 bits per heavy atom. The van der Waals surface area contributed by atoms with Crippen molar-refractivity contribution < 1.29 is 84.3 Å². The molecule has 0 aliphatic heterocycles. The van der Waals surface area contributed by atoms with Gasteiger partial charge in [-0.3, -0.25) is 38.4 Å². The lowest BCUT2D eigenvalue weighted by Crippen LogP contribution is -2.56. The molecule has 8 unspecified atom stereocenters. The summed E-state index contributed by atoms with van der Waals surface area (Å²) in [6.45, 7) is 2.70. The van der Waals surface area contributed by atoms with Gasteiger partial charge >= 0.3 is 47.8 Å². The second-order valence-corrected chi connectivity index (χ2v) is 9.85. The molecular formula is C24H34O17. The Kier molecular flexibility index (Phi) is 13.9. The van der Waals surface area contributed by atoms with Crippen LogP contribution in [-0.2, 0) is 38.4 Å². The molecule has 9 N–H and O–H groups in total. The van der Waals surface area contributed by atoms with E-state index >= 15 is 0 Å². The van der Waals surface area contributed by atoms with Gasteiger partial charge in [0.05, 0.1) is 53.4 Å². The van der Waals surface area contributed by atoms with Crippen LogP contribution in [0.15, 0.2) is 0 Å². The molecule has 0 aromatic carbocycles. The van der Waals surface area contributed by atoms with Crippen LogP contribution in [0.25, 0.3) is 0 Å². The molecule has 0 aliphatic carbocycles. The van der Waals surface area contributed by atoms with Gasteiger partial charge < -0.3 is 46.0 Å². The van der Waals surface area contributed by atoms with E-state index in [1.165, 1.54) is 0 Å². The first-order valence-corrected chi connectivity index (χ1v) is 12.3. The Bertz CT molecular complexity index is 1030. The lowest BCUT2D eigenvalue weighted by atomic mass is 9.62. The quantitative estimate of drug-likeness (QED) is 0.0794. The van der Waals surface area contributed by atoms with Crippen molar-refractivity contribution in [1.29, 1.82) is 0 Å². The van der Waals surface area contributed by atoms with Gasteiger partial charge in [-0.1, -0.05) is 32.6 Å². The first-order valence-electron chi connectivity index (χ1n) is 12.3. The molecule has 0 spiro atoms. The van der Waals surface area contributed by atoms with Crippen molar-refractivity contribution in [3.8, 4) is 0 Å². The lowest BCUT2D eigenvalue weighted by molar-refractivity contribution is -0.184. The first-order chi connectivity index (χ1) is 18.7. The summed E-state index contributed by atoms with van der Waals surface area (Å²) in [5, 5.41) is 88.6. The van der Waals surface area contributed by atoms with E-state index in [0.29, 0.717) is 19.3 Å². The number of aliphatic carboxylic acids is 8. The van der Waals surface area contributed by atoms with Crippen LogP contribution >= 0.6 is 0 Å². The standard InChI is InChI=1S/C24H34O17/c1-3-4-5-6-7-24(2,41)16(23(39)40)15(22(37)38)14(21(35)36)13(20(33)34)12(19(31)32)11(18(29)30)9(17(27)28)8-10(25)26/h9,11-16,41H,3-8H2,1-2H3,(H,25,26)(H,27,28)(H,29,30)(H,31,32)(H,33,34)(H,35,36)(H,37,38)(H,39,40). The third-order valence-electron chi connectivity index (χ3n) is 6.95. The summed E-state index contributed by atoms with van der Waals surface area (Å²) in [6.07, 6.45) is -0.0364. The molecule has 41 heavy (non-hydrogen) atoms. The van der Waals surface area contributed by atoms with Crippen molar-refractivity contribution in [2.75, 3.05) is 0 Å². The average Bonchev–Trinajstić information content (AvgIpc) is 2.80. The normalized spacial score (nSPS) is 17.8. The zero-order chi connectivity index (χ0) is 32.4. The molecule has 232 valence electrons. The summed E-state index contributed by atoms with van der Waals surface area (Å²) >= 11 is 0. The molecule has 0 aliphatic rings. The van der Waals surface area contributed by atoms with Crippen LogP contribution in [0.3, 0.4) is 0 Å². The van der Waals surface area contributed by atoms with E-state index in [0.717, 1.165) is 6.92 Å². The molecule has 0 amide bonds. The molecular weight excluding hydrogens is 560 g/mol. The molecule has 0 bridgehead atoms. The smallest absolute Gasteiger partial charge is 0.310 e. The summed E-state index contributed by atoms with van der Waals surface area (Å²) < 4.78 is 0. The van der Waals surface area contributed by atoms with Gasteiger partial charge in [-0.25, -0.2) is 0 Å². The molecule has 17 heteroatoms. The Hall–Kier alpha value is -4.28. The summed E-state index contributed by atoms with van der Waals surface area (Å²) in [5.41, 5.74) is -2.50. The number of aliphatic hydroxyl groups is 1. The van der Waals surface area contributed by atoms with Gasteiger partial charge in [0.15, 0.2) is 0 Å². The highest BCUT2D eigenvalue weighted by atomic mass is 16.4. The van der Waals surface area contributed by atoms with Gasteiger partial charge in [-0.15, -0.1) is 0 Å². The molecule has 0 aromatic heterocycles. The first kappa shape index (κ1) is 36.7. The number of carboxylic acid groups (broad SMARTS) is 8. The van der Waals surface area contributed by atoms with Crippen LogP contribution in [0, 0.1) is 41.4 Å². The number of unbranched alkanes of at least 4 members (excludes halogenated alkanes) is 3. The molecule has 0 radical (unpaired) electrons. The van der Waals surface area contributed by atoms with E-state index in [2.05, 4.69) is 0 Å². The lowest BCUT2D eigenvalue weighted by Gasteiger charge is -2.39. The van der Waals surface area contributed by atoms with Gasteiger partial charge in [-0.2, -0.15) is 0 Å². The van der Waals surface area contributed by atoms with E-state index in [9.17, 15) is 79.2 Å². The summed E-state index contributed by atoms with van der Waals surface area (Å²) in [5.74, 6) is -38.5. The monoisotopic (exact) mass is 594 g/mol. The van der Waals surface area contributed by atoms with Crippen LogP contribution < -0.4 is 0 Å². The molecule has 0 aromatic rings. The highest BCUT2D eigenvalue weighted by Crippen LogP contribution is 2.43. The minimum absolute atomic E-state index is 0.130. The highest BCUT2D eigenvalue weighted by molar-refractivity contribution is 5.94. The zero-order valence-electron chi connectivity index (χ0n) is 22.1. The predicted octanol–water partition coefficient (Wildman–Crippen LogP) is 0.0881. The minimum Gasteiger partial charge on any atom is -0.481 e. The van der Waals surface area contributed by atoms with E-state index < -0.39 is 108 Å². The number of carbonyl (C=O) groups is 8. The van der Waals surface area contributed by atoms with E-state index in [1.54, 1.807) is 0 Å². The molecule has 0 fully saturated rings. The zero-order valence-corrected chi connectivity index (χ0v) is 22.1. The van der Waals surface area contributed by atoms with Crippen molar-refractivity contribution >= 4 is 47.8 Å². The molecule has 17 nitrogen and oxygen atoms in total. The van der Waals surface area contributed by atoms with Crippen molar-refractivity contribution in [3.05, 3.63) is 0 Å². The second-order valence-electron chi connectivity index (χ2n) is 9.85. The number of rotatable bonds is 21. The molecule has 0 rings (SSSR count). The van der Waals surface area contributed by atoms with E-state index in [4.69, 9.17) is 5.11 Å². The largest absolute Gasteiger partial charge is 0.481 e. The molecule has 0 saturated carbocycles. The molecule has 0 saturated heterocycles. The maximum atomic E-state index is 12.4. The van der Waals surface area contributed by atoms with Crippen molar-refractivity contribution in [3.63, 3.8) is 0 Å². The maximum absolute atomic E-state index is 12.4. The predicted molar refractivity (Wildman–Crippen MR) is 130 cm³/mol. The van der Waals surface area contributed by atoms with Gasteiger partial charge in [-0.05, 0) is 13.3 Å². The van der Waals surface area contributed by atoms with Crippen molar-refractivity contribution in [2.24, 2.45) is 41.4 Å². The fourth-order valence-corrected chi connectivity index (χ4v) is 5.10. The van der Waals surface area contributed by atoms with E-state index in [-0.39, 0.29) is 6.42 Å². The highest BCUT2D eigenvalue weighted by Gasteiger charge is 2.60. The number of hydrogen-bond acceptors (Lipinski definition) is 9. The SMILES string of the molecule is CCCCCCC(C)(O)C(C(=O)O)C(C(=O)O)C(C(=O)O)C(C(=O)O)C(C(=O)O)C(C(=O)O)C(CC(=O)O)C(=O)O. The maximum Gasteiger partial charge on any atom is 0.310 e.